The summed E-state index contributed by atoms with van der Waals surface area (Å²) in [6.07, 6.45) is 36.9. The van der Waals surface area contributed by atoms with Gasteiger partial charge in [-0.05, 0) is 19.3 Å². The molecule has 0 bridgehead atoms. The average molecular weight is 689 g/mol. The van der Waals surface area contributed by atoms with Gasteiger partial charge in [0.1, 0.15) is 0 Å². The van der Waals surface area contributed by atoms with Gasteiger partial charge in [0, 0.05) is 13.0 Å². The predicted octanol–water partition coefficient (Wildman–Crippen LogP) is 10.4. The van der Waals surface area contributed by atoms with Crippen molar-refractivity contribution in [1.82, 2.24) is 5.32 Å². The van der Waals surface area contributed by atoms with Crippen LogP contribution >= 0.6 is 7.82 Å². The highest BCUT2D eigenvalue weighted by Gasteiger charge is 2.26. The number of hydrogen-bond donors (Lipinski definition) is 4. The van der Waals surface area contributed by atoms with Crippen LogP contribution in [-0.2, 0) is 18.4 Å². The maximum absolute atomic E-state index is 12.7. The number of rotatable bonds is 37. The summed E-state index contributed by atoms with van der Waals surface area (Å²) in [6.45, 7) is 4.12. The zero-order chi connectivity index (χ0) is 34.7. The van der Waals surface area contributed by atoms with Crippen molar-refractivity contribution in [2.45, 2.75) is 206 Å². The highest BCUT2D eigenvalue weighted by molar-refractivity contribution is 7.47. The Morgan fingerprint density at radius 2 is 1.09 bits per heavy atom. The maximum Gasteiger partial charge on any atom is 0.472 e. The molecule has 0 spiro atoms. The normalized spacial score (nSPS) is 14.4. The molecule has 9 heteroatoms. The third kappa shape index (κ3) is 33.5. The molecule has 0 aromatic rings. The summed E-state index contributed by atoms with van der Waals surface area (Å²) in [5, 5.41) is 13.6. The molecule has 0 aliphatic rings. The lowest BCUT2D eigenvalue weighted by atomic mass is 10.0. The van der Waals surface area contributed by atoms with Crippen LogP contribution in [0.25, 0.3) is 0 Å². The fraction of sp³-hybridized carbons (Fsp3) is 0.921. The van der Waals surface area contributed by atoms with E-state index in [0.29, 0.717) is 6.42 Å². The molecule has 0 aliphatic heterocycles. The van der Waals surface area contributed by atoms with E-state index in [9.17, 15) is 19.4 Å². The molecule has 0 saturated carbocycles. The molecule has 0 aliphatic carbocycles. The Hall–Kier alpha value is -0.760. The van der Waals surface area contributed by atoms with Crippen LogP contribution in [0.2, 0.25) is 0 Å². The summed E-state index contributed by atoms with van der Waals surface area (Å²) in [6, 6.07) is -0.852. The van der Waals surface area contributed by atoms with Crippen LogP contribution in [0.4, 0.5) is 0 Å². The van der Waals surface area contributed by atoms with Crippen molar-refractivity contribution in [2.24, 2.45) is 5.73 Å². The molecule has 8 nitrogen and oxygen atoms in total. The van der Waals surface area contributed by atoms with Gasteiger partial charge >= 0.3 is 7.82 Å². The van der Waals surface area contributed by atoms with Gasteiger partial charge in [0.2, 0.25) is 5.91 Å². The van der Waals surface area contributed by atoms with Gasteiger partial charge in [-0.2, -0.15) is 0 Å². The molecule has 0 saturated heterocycles. The van der Waals surface area contributed by atoms with Crippen LogP contribution in [0.15, 0.2) is 12.2 Å². The van der Waals surface area contributed by atoms with E-state index in [-0.39, 0.29) is 25.7 Å². The van der Waals surface area contributed by atoms with Gasteiger partial charge in [0.15, 0.2) is 0 Å². The summed E-state index contributed by atoms with van der Waals surface area (Å²) in [7, 11) is -4.33. The van der Waals surface area contributed by atoms with Crippen molar-refractivity contribution in [3.63, 3.8) is 0 Å². The lowest BCUT2D eigenvalue weighted by Crippen LogP contribution is -2.45. The number of aliphatic hydroxyl groups is 1. The van der Waals surface area contributed by atoms with Gasteiger partial charge in [0.25, 0.3) is 0 Å². The number of unbranched alkanes of at least 4 members (excludes halogenated alkanes) is 25. The first-order valence-corrected chi connectivity index (χ1v) is 21.3. The molecular formula is C38H77N2O6P. The highest BCUT2D eigenvalue weighted by atomic mass is 31.2. The molecule has 280 valence electrons. The number of aliphatic hydroxyl groups excluding tert-OH is 1. The van der Waals surface area contributed by atoms with Crippen LogP contribution < -0.4 is 11.1 Å². The van der Waals surface area contributed by atoms with E-state index in [1.165, 1.54) is 135 Å². The predicted molar refractivity (Wildman–Crippen MR) is 198 cm³/mol. The average Bonchev–Trinajstić information content (AvgIpc) is 3.05. The Bertz CT molecular complexity index is 754. The Morgan fingerprint density at radius 3 is 1.51 bits per heavy atom. The number of allylic oxidation sites excluding steroid dienone is 1. The second-order valence-electron chi connectivity index (χ2n) is 13.5. The first-order valence-electron chi connectivity index (χ1n) is 19.8. The lowest BCUT2D eigenvalue weighted by Gasteiger charge is -2.23. The minimum absolute atomic E-state index is 0.0810. The van der Waals surface area contributed by atoms with Crippen molar-refractivity contribution >= 4 is 13.7 Å². The van der Waals surface area contributed by atoms with E-state index in [2.05, 4.69) is 19.2 Å². The zero-order valence-corrected chi connectivity index (χ0v) is 31.7. The van der Waals surface area contributed by atoms with Gasteiger partial charge in [0.05, 0.1) is 25.4 Å². The molecule has 1 amide bonds. The second-order valence-corrected chi connectivity index (χ2v) is 15.0. The topological polar surface area (TPSA) is 131 Å². The largest absolute Gasteiger partial charge is 0.472 e. The fourth-order valence-electron chi connectivity index (χ4n) is 5.84. The Labute approximate surface area is 290 Å². The SMILES string of the molecule is CCCCCCCCCCCCCCCCCC/C=C/C(O)C(COP(=O)(O)OCCN)NC(=O)CCCCCCCCCCCC. The maximum atomic E-state index is 12.7. The number of carbonyl (C=O) groups is 1. The summed E-state index contributed by atoms with van der Waals surface area (Å²) >= 11 is 0. The first kappa shape index (κ1) is 46.2. The molecule has 3 unspecified atom stereocenters. The molecule has 0 rings (SSSR count). The summed E-state index contributed by atoms with van der Waals surface area (Å²) in [5.41, 5.74) is 5.35. The van der Waals surface area contributed by atoms with Crippen LogP contribution in [0.1, 0.15) is 194 Å². The smallest absolute Gasteiger partial charge is 0.387 e. The van der Waals surface area contributed by atoms with Gasteiger partial charge in [-0.1, -0.05) is 180 Å². The number of hydrogen-bond acceptors (Lipinski definition) is 6. The molecule has 0 radical (unpaired) electrons. The molecule has 3 atom stereocenters. The monoisotopic (exact) mass is 689 g/mol. The number of nitrogens with one attached hydrogen (secondary N) is 1. The first-order chi connectivity index (χ1) is 22.9. The van der Waals surface area contributed by atoms with E-state index in [4.69, 9.17) is 14.8 Å². The van der Waals surface area contributed by atoms with E-state index in [1.54, 1.807) is 6.08 Å². The van der Waals surface area contributed by atoms with E-state index in [0.717, 1.165) is 38.5 Å². The number of amides is 1. The standard InChI is InChI=1S/C38H77N2O6P/c1-3-5-7-9-11-13-15-16-17-18-19-20-21-22-23-25-27-29-31-37(41)36(35-46-47(43,44)45-34-33-39)40-38(42)32-30-28-26-24-14-12-10-8-6-4-2/h29,31,36-37,41H,3-28,30,32-35,39H2,1-2H3,(H,40,42)(H,43,44)/b31-29+. The Kier molecular flexibility index (Phi) is 34.5. The van der Waals surface area contributed by atoms with E-state index < -0.39 is 20.0 Å². The molecule has 47 heavy (non-hydrogen) atoms. The number of carbonyl (C=O) groups excluding carboxylic acids is 1. The van der Waals surface area contributed by atoms with Crippen LogP contribution in [-0.4, -0.2) is 47.8 Å². The number of phosphoric ester groups is 1. The number of nitrogens with two attached hydrogens (primary N) is 1. The summed E-state index contributed by atoms with van der Waals surface area (Å²) < 4.78 is 22.0. The van der Waals surface area contributed by atoms with E-state index in [1.807, 2.05) is 6.08 Å². The third-order valence-corrected chi connectivity index (χ3v) is 9.85. The number of phosphoric acid groups is 1. The van der Waals surface area contributed by atoms with Crippen molar-refractivity contribution in [3.05, 3.63) is 12.2 Å². The minimum atomic E-state index is -4.33. The Balaban J connectivity index is 4.22. The molecule has 5 N–H and O–H groups in total. The fourth-order valence-corrected chi connectivity index (χ4v) is 6.60. The van der Waals surface area contributed by atoms with Crippen LogP contribution in [0.5, 0.6) is 0 Å². The third-order valence-electron chi connectivity index (χ3n) is 8.86. The van der Waals surface area contributed by atoms with Crippen molar-refractivity contribution in [2.75, 3.05) is 19.8 Å². The Morgan fingerprint density at radius 1 is 0.681 bits per heavy atom. The van der Waals surface area contributed by atoms with Gasteiger partial charge < -0.3 is 21.1 Å². The second kappa shape index (κ2) is 35.1. The van der Waals surface area contributed by atoms with Gasteiger partial charge in [-0.15, -0.1) is 0 Å². The minimum Gasteiger partial charge on any atom is -0.387 e. The molecule has 0 aromatic carbocycles. The van der Waals surface area contributed by atoms with Gasteiger partial charge in [-0.25, -0.2) is 4.57 Å². The summed E-state index contributed by atoms with van der Waals surface area (Å²) in [4.78, 5) is 22.5. The van der Waals surface area contributed by atoms with Crippen LogP contribution in [0.3, 0.4) is 0 Å². The van der Waals surface area contributed by atoms with Crippen molar-refractivity contribution < 1.29 is 28.4 Å². The van der Waals surface area contributed by atoms with Crippen LogP contribution in [0, 0.1) is 0 Å². The molecule has 0 fully saturated rings. The highest BCUT2D eigenvalue weighted by Crippen LogP contribution is 2.43. The molecule has 0 heterocycles. The summed E-state index contributed by atoms with van der Waals surface area (Å²) in [5.74, 6) is -0.195. The molecular weight excluding hydrogens is 611 g/mol. The lowest BCUT2D eigenvalue weighted by molar-refractivity contribution is -0.123. The van der Waals surface area contributed by atoms with E-state index >= 15 is 0 Å². The zero-order valence-electron chi connectivity index (χ0n) is 30.8. The molecule has 0 aromatic heterocycles. The van der Waals surface area contributed by atoms with Gasteiger partial charge in [-0.3, -0.25) is 13.8 Å². The quantitative estimate of drug-likeness (QED) is 0.0290. The van der Waals surface area contributed by atoms with Crippen molar-refractivity contribution in [3.8, 4) is 0 Å². The van der Waals surface area contributed by atoms with Crippen molar-refractivity contribution in [1.29, 1.82) is 0 Å².